The highest BCUT2D eigenvalue weighted by Crippen LogP contribution is 2.30. The van der Waals surface area contributed by atoms with Gasteiger partial charge in [-0.2, -0.15) is 4.99 Å². The summed E-state index contributed by atoms with van der Waals surface area (Å²) >= 11 is 1.27. The van der Waals surface area contributed by atoms with Crippen molar-refractivity contribution in [2.45, 2.75) is 31.9 Å². The average molecular weight is 229 g/mol. The van der Waals surface area contributed by atoms with Crippen molar-refractivity contribution in [3.63, 3.8) is 0 Å². The number of nitrogens with zero attached hydrogens (tertiary/aromatic N) is 1. The van der Waals surface area contributed by atoms with E-state index in [1.54, 1.807) is 13.8 Å². The van der Waals surface area contributed by atoms with Gasteiger partial charge in [-0.25, -0.2) is 4.79 Å². The molecule has 0 aromatic carbocycles. The third-order valence-electron chi connectivity index (χ3n) is 1.85. The minimum atomic E-state index is -0.538. The Morgan fingerprint density at radius 3 is 2.73 bits per heavy atom. The first-order valence-electron chi connectivity index (χ1n) is 4.82. The second-order valence-corrected chi connectivity index (χ2v) is 5.33. The number of amidine groups is 1. The van der Waals surface area contributed by atoms with Gasteiger partial charge in [0.05, 0.1) is 4.75 Å². The lowest BCUT2D eigenvalue weighted by atomic mass is 10.2. The van der Waals surface area contributed by atoms with E-state index in [9.17, 15) is 9.59 Å². The molecule has 5 nitrogen and oxygen atoms in total. The third kappa shape index (κ3) is 3.23. The zero-order valence-electron chi connectivity index (χ0n) is 9.09. The summed E-state index contributed by atoms with van der Waals surface area (Å²) in [5.74, 6) is -0.116. The lowest BCUT2D eigenvalue weighted by Gasteiger charge is -2.08. The van der Waals surface area contributed by atoms with E-state index < -0.39 is 10.8 Å². The van der Waals surface area contributed by atoms with Gasteiger partial charge >= 0.3 is 6.03 Å². The van der Waals surface area contributed by atoms with Crippen LogP contribution in [-0.2, 0) is 4.79 Å². The minimum absolute atomic E-state index is 0.116. The molecule has 1 heterocycles. The third-order valence-corrected chi connectivity index (χ3v) is 2.93. The van der Waals surface area contributed by atoms with E-state index in [1.165, 1.54) is 11.8 Å². The lowest BCUT2D eigenvalue weighted by Crippen LogP contribution is -2.31. The number of hydrogen-bond acceptors (Lipinski definition) is 3. The Balaban J connectivity index is 2.56. The Hall–Kier alpha value is -1.04. The van der Waals surface area contributed by atoms with Crippen molar-refractivity contribution in [1.82, 2.24) is 10.6 Å². The molecule has 0 aromatic rings. The van der Waals surface area contributed by atoms with Crippen molar-refractivity contribution in [2.24, 2.45) is 4.99 Å². The maximum absolute atomic E-state index is 11.4. The summed E-state index contributed by atoms with van der Waals surface area (Å²) in [4.78, 5) is 26.3. The van der Waals surface area contributed by atoms with Crippen LogP contribution < -0.4 is 10.6 Å². The summed E-state index contributed by atoms with van der Waals surface area (Å²) in [6.07, 6.45) is 0.863. The molecular weight excluding hydrogens is 214 g/mol. The molecule has 0 aromatic heterocycles. The summed E-state index contributed by atoms with van der Waals surface area (Å²) in [5, 5.41) is 5.55. The maximum atomic E-state index is 11.4. The second kappa shape index (κ2) is 4.65. The van der Waals surface area contributed by atoms with Crippen molar-refractivity contribution in [2.75, 3.05) is 6.54 Å². The van der Waals surface area contributed by atoms with Gasteiger partial charge in [0.1, 0.15) is 0 Å². The molecule has 0 atom stereocenters. The molecule has 1 aliphatic heterocycles. The van der Waals surface area contributed by atoms with Gasteiger partial charge in [0.25, 0.3) is 0 Å². The summed E-state index contributed by atoms with van der Waals surface area (Å²) < 4.78 is -0.538. The fourth-order valence-electron chi connectivity index (χ4n) is 0.976. The Labute approximate surface area is 93.1 Å². The van der Waals surface area contributed by atoms with Gasteiger partial charge in [0.2, 0.25) is 5.91 Å². The second-order valence-electron chi connectivity index (χ2n) is 3.72. The molecule has 0 radical (unpaired) electrons. The number of amides is 3. The maximum Gasteiger partial charge on any atom is 0.343 e. The minimum Gasteiger partial charge on any atom is -0.336 e. The van der Waals surface area contributed by atoms with Crippen LogP contribution in [0.1, 0.15) is 27.2 Å². The monoisotopic (exact) mass is 229 g/mol. The molecule has 1 aliphatic rings. The average Bonchev–Trinajstić information content (AvgIpc) is 2.37. The highest BCUT2D eigenvalue weighted by molar-refractivity contribution is 8.16. The zero-order chi connectivity index (χ0) is 11.5. The fourth-order valence-corrected chi connectivity index (χ4v) is 1.88. The van der Waals surface area contributed by atoms with E-state index in [0.29, 0.717) is 11.7 Å². The van der Waals surface area contributed by atoms with Crippen molar-refractivity contribution in [3.8, 4) is 0 Å². The van der Waals surface area contributed by atoms with Crippen LogP contribution >= 0.6 is 11.8 Å². The van der Waals surface area contributed by atoms with Crippen molar-refractivity contribution in [3.05, 3.63) is 0 Å². The molecule has 0 bridgehead atoms. The van der Waals surface area contributed by atoms with Gasteiger partial charge in [0.15, 0.2) is 5.17 Å². The predicted octanol–water partition coefficient (Wildman–Crippen LogP) is 1.10. The number of hydrogen-bond donors (Lipinski definition) is 2. The molecular formula is C9H15N3O2S. The Kier molecular flexibility index (Phi) is 3.73. The molecule has 0 aliphatic carbocycles. The van der Waals surface area contributed by atoms with Crippen LogP contribution in [-0.4, -0.2) is 28.4 Å². The highest BCUT2D eigenvalue weighted by Gasteiger charge is 2.38. The first-order chi connectivity index (χ1) is 6.95. The zero-order valence-corrected chi connectivity index (χ0v) is 9.90. The van der Waals surface area contributed by atoms with Gasteiger partial charge in [-0.05, 0) is 20.3 Å². The summed E-state index contributed by atoms with van der Waals surface area (Å²) in [5.41, 5.74) is 0. The number of urea groups is 1. The lowest BCUT2D eigenvalue weighted by molar-refractivity contribution is -0.120. The van der Waals surface area contributed by atoms with Crippen LogP contribution in [0.4, 0.5) is 4.79 Å². The van der Waals surface area contributed by atoms with E-state index >= 15 is 0 Å². The Morgan fingerprint density at radius 1 is 1.60 bits per heavy atom. The quantitative estimate of drug-likeness (QED) is 0.745. The van der Waals surface area contributed by atoms with Crippen LogP contribution in [0.3, 0.4) is 0 Å². The standard InChI is InChI=1S/C9H15N3O2S/c1-4-5-10-7(14)12-8-11-6(13)9(2,3)15-8/h4-5H2,1-3H3,(H2,10,11,12,13,14). The highest BCUT2D eigenvalue weighted by atomic mass is 32.2. The summed E-state index contributed by atoms with van der Waals surface area (Å²) in [7, 11) is 0. The largest absolute Gasteiger partial charge is 0.343 e. The Morgan fingerprint density at radius 2 is 2.27 bits per heavy atom. The van der Waals surface area contributed by atoms with Crippen molar-refractivity contribution < 1.29 is 9.59 Å². The van der Waals surface area contributed by atoms with Gasteiger partial charge in [-0.1, -0.05) is 18.7 Å². The SMILES string of the molecule is CCCNC(=O)/N=C1\NC(=O)C(C)(C)S1. The van der Waals surface area contributed by atoms with Crippen molar-refractivity contribution in [1.29, 1.82) is 0 Å². The van der Waals surface area contributed by atoms with Crippen molar-refractivity contribution >= 4 is 28.9 Å². The smallest absolute Gasteiger partial charge is 0.336 e. The molecule has 0 saturated carbocycles. The molecule has 1 fully saturated rings. The molecule has 1 saturated heterocycles. The van der Waals surface area contributed by atoms with Crippen LogP contribution in [0.25, 0.3) is 0 Å². The van der Waals surface area contributed by atoms with Gasteiger partial charge in [0, 0.05) is 6.54 Å². The molecule has 0 spiro atoms. The topological polar surface area (TPSA) is 70.6 Å². The number of carbonyl (C=O) groups is 2. The first kappa shape index (κ1) is 12.0. The number of thioether (sulfide) groups is 1. The van der Waals surface area contributed by atoms with Crippen LogP contribution in [0.15, 0.2) is 4.99 Å². The van der Waals surface area contributed by atoms with E-state index in [-0.39, 0.29) is 5.91 Å². The molecule has 3 amide bonds. The van der Waals surface area contributed by atoms with Crippen LogP contribution in [0.2, 0.25) is 0 Å². The van der Waals surface area contributed by atoms with Crippen LogP contribution in [0.5, 0.6) is 0 Å². The van der Waals surface area contributed by atoms with E-state index in [2.05, 4.69) is 15.6 Å². The predicted molar refractivity (Wildman–Crippen MR) is 60.9 cm³/mol. The van der Waals surface area contributed by atoms with E-state index in [4.69, 9.17) is 0 Å². The van der Waals surface area contributed by atoms with E-state index in [1.807, 2.05) is 6.92 Å². The normalized spacial score (nSPS) is 21.5. The summed E-state index contributed by atoms with van der Waals surface area (Å²) in [6, 6.07) is -0.405. The molecule has 1 rings (SSSR count). The molecule has 6 heteroatoms. The number of nitrogens with one attached hydrogen (secondary N) is 2. The molecule has 0 unspecified atom stereocenters. The van der Waals surface area contributed by atoms with Crippen LogP contribution in [0, 0.1) is 0 Å². The van der Waals surface area contributed by atoms with Gasteiger partial charge in [-0.3, -0.25) is 4.79 Å². The fraction of sp³-hybridized carbons (Fsp3) is 0.667. The van der Waals surface area contributed by atoms with Gasteiger partial charge in [-0.15, -0.1) is 0 Å². The molecule has 15 heavy (non-hydrogen) atoms. The number of carbonyl (C=O) groups excluding carboxylic acids is 2. The number of aliphatic imine (C=N–C) groups is 1. The summed E-state index contributed by atoms with van der Waals surface area (Å²) in [6.45, 7) is 6.14. The molecule has 84 valence electrons. The number of rotatable bonds is 2. The molecule has 2 N–H and O–H groups in total. The first-order valence-corrected chi connectivity index (χ1v) is 5.64. The Bertz CT molecular complexity index is 312. The van der Waals surface area contributed by atoms with E-state index in [0.717, 1.165) is 6.42 Å². The van der Waals surface area contributed by atoms with Gasteiger partial charge < -0.3 is 10.6 Å².